The van der Waals surface area contributed by atoms with Crippen molar-refractivity contribution in [2.45, 2.75) is 19.9 Å². The van der Waals surface area contributed by atoms with Crippen LogP contribution in [0, 0.1) is 6.92 Å². The van der Waals surface area contributed by atoms with Crippen molar-refractivity contribution in [2.75, 3.05) is 36.5 Å². The summed E-state index contributed by atoms with van der Waals surface area (Å²) >= 11 is 2.78. The number of morpholine rings is 1. The van der Waals surface area contributed by atoms with Gasteiger partial charge in [0.05, 0.1) is 23.4 Å². The van der Waals surface area contributed by atoms with Gasteiger partial charge >= 0.3 is 4.87 Å². The third kappa shape index (κ3) is 4.05. The van der Waals surface area contributed by atoms with Crippen molar-refractivity contribution in [3.05, 3.63) is 38.9 Å². The van der Waals surface area contributed by atoms with E-state index in [1.165, 1.54) is 0 Å². The van der Waals surface area contributed by atoms with Crippen molar-refractivity contribution in [3.63, 3.8) is 0 Å². The van der Waals surface area contributed by atoms with Gasteiger partial charge in [0, 0.05) is 42.8 Å². The Hall–Kier alpha value is -2.23. The quantitative estimate of drug-likeness (QED) is 0.708. The molecule has 2 aromatic heterocycles. The number of aromatic nitrogens is 2. The zero-order valence-electron chi connectivity index (χ0n) is 14.9. The van der Waals surface area contributed by atoms with Crippen molar-refractivity contribution >= 4 is 49.6 Å². The maximum absolute atomic E-state index is 12.3. The normalized spacial score (nSPS) is 14.6. The minimum atomic E-state index is -0.107. The van der Waals surface area contributed by atoms with Crippen LogP contribution < -0.4 is 15.1 Å². The van der Waals surface area contributed by atoms with E-state index in [0.29, 0.717) is 6.54 Å². The second kappa shape index (κ2) is 7.79. The number of aryl methyl sites for hydroxylation is 1. The summed E-state index contributed by atoms with van der Waals surface area (Å²) in [7, 11) is 0. The van der Waals surface area contributed by atoms with Crippen LogP contribution in [0.5, 0.6) is 0 Å². The Morgan fingerprint density at radius 2 is 2.15 bits per heavy atom. The Kier molecular flexibility index (Phi) is 5.24. The molecule has 1 amide bonds. The van der Waals surface area contributed by atoms with Crippen LogP contribution in [-0.4, -0.2) is 41.8 Å². The molecule has 1 aliphatic rings. The lowest BCUT2D eigenvalue weighted by Crippen LogP contribution is -2.36. The molecule has 142 valence electrons. The lowest BCUT2D eigenvalue weighted by Gasteiger charge is -2.25. The predicted octanol–water partition coefficient (Wildman–Crippen LogP) is 2.69. The molecule has 1 fully saturated rings. The van der Waals surface area contributed by atoms with Crippen LogP contribution in [0.3, 0.4) is 0 Å². The highest BCUT2D eigenvalue weighted by Crippen LogP contribution is 2.31. The highest BCUT2D eigenvalue weighted by molar-refractivity contribution is 7.22. The number of thiazole rings is 2. The van der Waals surface area contributed by atoms with E-state index in [4.69, 9.17) is 4.74 Å². The number of hydrogen-bond acceptors (Lipinski definition) is 7. The summed E-state index contributed by atoms with van der Waals surface area (Å²) in [5.74, 6) is -0.107. The molecule has 1 N–H and O–H groups in total. The van der Waals surface area contributed by atoms with E-state index in [-0.39, 0.29) is 17.2 Å². The molecule has 0 spiro atoms. The topological polar surface area (TPSA) is 76.5 Å². The molecule has 3 heterocycles. The molecule has 1 aliphatic heterocycles. The van der Waals surface area contributed by atoms with E-state index in [0.717, 1.165) is 64.4 Å². The van der Waals surface area contributed by atoms with Crippen molar-refractivity contribution in [2.24, 2.45) is 0 Å². The third-order valence-electron chi connectivity index (χ3n) is 4.48. The minimum absolute atomic E-state index is 0.0259. The number of ether oxygens (including phenoxy) is 1. The van der Waals surface area contributed by atoms with E-state index in [1.54, 1.807) is 15.9 Å². The lowest BCUT2D eigenvalue weighted by molar-refractivity contribution is -0.116. The number of amides is 1. The largest absolute Gasteiger partial charge is 0.378 e. The Balaban J connectivity index is 1.42. The van der Waals surface area contributed by atoms with E-state index in [2.05, 4.69) is 15.2 Å². The maximum atomic E-state index is 12.3. The lowest BCUT2D eigenvalue weighted by atomic mass is 10.3. The number of fused-ring (bicyclic) bond motifs is 1. The van der Waals surface area contributed by atoms with Crippen molar-refractivity contribution in [1.29, 1.82) is 0 Å². The summed E-state index contributed by atoms with van der Waals surface area (Å²) in [6.07, 6.45) is 0.261. The van der Waals surface area contributed by atoms with Gasteiger partial charge in [0.15, 0.2) is 5.13 Å². The van der Waals surface area contributed by atoms with Gasteiger partial charge in [-0.1, -0.05) is 22.7 Å². The Bertz CT molecular complexity index is 1020. The van der Waals surface area contributed by atoms with Crippen LogP contribution in [0.2, 0.25) is 0 Å². The SMILES string of the molecule is Cc1csc(=O)n1CCC(=O)Nc1ccc2nc(N3CCOCC3)sc2c1. The summed E-state index contributed by atoms with van der Waals surface area (Å²) in [6, 6.07) is 5.75. The summed E-state index contributed by atoms with van der Waals surface area (Å²) in [4.78, 5) is 30.9. The molecule has 0 bridgehead atoms. The van der Waals surface area contributed by atoms with Crippen molar-refractivity contribution < 1.29 is 9.53 Å². The number of carbonyl (C=O) groups is 1. The smallest absolute Gasteiger partial charge is 0.307 e. The number of nitrogens with one attached hydrogen (secondary N) is 1. The molecular formula is C18H20N4O3S2. The van der Waals surface area contributed by atoms with Crippen LogP contribution in [0.25, 0.3) is 10.2 Å². The van der Waals surface area contributed by atoms with Gasteiger partial charge < -0.3 is 19.5 Å². The zero-order chi connectivity index (χ0) is 18.8. The van der Waals surface area contributed by atoms with Gasteiger partial charge in [0.25, 0.3) is 0 Å². The first-order valence-corrected chi connectivity index (χ1v) is 10.5. The van der Waals surface area contributed by atoms with E-state index >= 15 is 0 Å². The molecule has 1 saturated heterocycles. The first kappa shape index (κ1) is 18.1. The first-order valence-electron chi connectivity index (χ1n) is 8.78. The fourth-order valence-electron chi connectivity index (χ4n) is 2.99. The molecule has 0 aliphatic carbocycles. The first-order chi connectivity index (χ1) is 13.1. The van der Waals surface area contributed by atoms with Crippen LogP contribution in [0.4, 0.5) is 10.8 Å². The summed E-state index contributed by atoms with van der Waals surface area (Å²) in [6.45, 7) is 5.42. The van der Waals surface area contributed by atoms with Gasteiger partial charge in [-0.2, -0.15) is 0 Å². The Morgan fingerprint density at radius 3 is 2.89 bits per heavy atom. The van der Waals surface area contributed by atoms with Gasteiger partial charge in [0.2, 0.25) is 5.91 Å². The van der Waals surface area contributed by atoms with E-state index in [1.807, 2.05) is 30.5 Å². The van der Waals surface area contributed by atoms with Gasteiger partial charge in [-0.05, 0) is 25.1 Å². The van der Waals surface area contributed by atoms with Crippen LogP contribution in [0.15, 0.2) is 28.4 Å². The maximum Gasteiger partial charge on any atom is 0.307 e. The Morgan fingerprint density at radius 1 is 1.33 bits per heavy atom. The number of rotatable bonds is 5. The molecule has 0 radical (unpaired) electrons. The fourth-order valence-corrected chi connectivity index (χ4v) is 4.81. The van der Waals surface area contributed by atoms with Crippen LogP contribution in [0.1, 0.15) is 12.1 Å². The number of carbonyl (C=O) groups excluding carboxylic acids is 1. The molecule has 7 nitrogen and oxygen atoms in total. The monoisotopic (exact) mass is 404 g/mol. The van der Waals surface area contributed by atoms with Crippen LogP contribution in [-0.2, 0) is 16.1 Å². The van der Waals surface area contributed by atoms with E-state index in [9.17, 15) is 9.59 Å². The van der Waals surface area contributed by atoms with Crippen molar-refractivity contribution in [3.8, 4) is 0 Å². The average molecular weight is 405 g/mol. The van der Waals surface area contributed by atoms with Gasteiger partial charge in [-0.25, -0.2) is 4.98 Å². The van der Waals surface area contributed by atoms with Gasteiger partial charge in [0.1, 0.15) is 0 Å². The van der Waals surface area contributed by atoms with Gasteiger partial charge in [-0.15, -0.1) is 0 Å². The molecular weight excluding hydrogens is 384 g/mol. The predicted molar refractivity (Wildman–Crippen MR) is 109 cm³/mol. The van der Waals surface area contributed by atoms with E-state index < -0.39 is 0 Å². The highest BCUT2D eigenvalue weighted by Gasteiger charge is 2.16. The number of anilines is 2. The summed E-state index contributed by atoms with van der Waals surface area (Å²) < 4.78 is 8.06. The van der Waals surface area contributed by atoms with Crippen molar-refractivity contribution in [1.82, 2.24) is 9.55 Å². The summed E-state index contributed by atoms with van der Waals surface area (Å²) in [5, 5.41) is 5.72. The molecule has 0 saturated carbocycles. The average Bonchev–Trinajstić information content (AvgIpc) is 3.24. The second-order valence-corrected chi connectivity index (χ2v) is 8.20. The third-order valence-corrected chi connectivity index (χ3v) is 6.44. The standard InChI is InChI=1S/C18H20N4O3S2/c1-12-11-26-18(24)22(12)5-4-16(23)19-13-2-3-14-15(10-13)27-17(20-14)21-6-8-25-9-7-21/h2-3,10-11H,4-9H2,1H3,(H,19,23). The second-order valence-electron chi connectivity index (χ2n) is 6.37. The molecule has 27 heavy (non-hydrogen) atoms. The molecule has 0 unspecified atom stereocenters. The molecule has 3 aromatic rings. The minimum Gasteiger partial charge on any atom is -0.378 e. The van der Waals surface area contributed by atoms with Gasteiger partial charge in [-0.3, -0.25) is 9.59 Å². The zero-order valence-corrected chi connectivity index (χ0v) is 16.6. The number of hydrogen-bond donors (Lipinski definition) is 1. The number of benzene rings is 1. The molecule has 9 heteroatoms. The highest BCUT2D eigenvalue weighted by atomic mass is 32.1. The summed E-state index contributed by atoms with van der Waals surface area (Å²) in [5.41, 5.74) is 2.57. The molecule has 4 rings (SSSR count). The Labute approximate surface area is 164 Å². The van der Waals surface area contributed by atoms with Crippen LogP contribution >= 0.6 is 22.7 Å². The number of nitrogens with zero attached hydrogens (tertiary/aromatic N) is 3. The molecule has 1 aromatic carbocycles. The fraction of sp³-hybridized carbons (Fsp3) is 0.389. The molecule has 0 atom stereocenters.